The number of aromatic nitrogens is 3. The molecule has 0 N–H and O–H groups in total. The summed E-state index contributed by atoms with van der Waals surface area (Å²) in [6, 6.07) is 15.3. The number of non-ortho nitro benzene ring substituents is 1. The second-order valence-electron chi connectivity index (χ2n) is 5.68. The lowest BCUT2D eigenvalue weighted by Crippen LogP contribution is -2.21. The van der Waals surface area contributed by atoms with Gasteiger partial charge in [0.05, 0.1) is 28.7 Å². The third-order valence-corrected chi connectivity index (χ3v) is 3.97. The van der Waals surface area contributed by atoms with Crippen molar-refractivity contribution in [3.8, 4) is 11.3 Å². The molecule has 0 unspecified atom stereocenters. The number of hydrogen-bond acceptors (Lipinski definition) is 6. The van der Waals surface area contributed by atoms with Crippen molar-refractivity contribution in [3.05, 3.63) is 87.2 Å². The van der Waals surface area contributed by atoms with Gasteiger partial charge in [0.2, 0.25) is 0 Å². The third-order valence-electron chi connectivity index (χ3n) is 3.97. The van der Waals surface area contributed by atoms with Crippen molar-refractivity contribution >= 4 is 16.6 Å². The second-order valence-corrected chi connectivity index (χ2v) is 5.68. The standard InChI is InChI=1S/C18H12N4O4/c23-18-15-8-13(22(24)25)6-7-16(15)19-11-21(18)10-14-9-17(20-26-14)12-4-2-1-3-5-12/h1-9,11H,10H2. The first-order valence-electron chi connectivity index (χ1n) is 7.76. The average Bonchev–Trinajstić information content (AvgIpc) is 3.13. The average molecular weight is 348 g/mol. The van der Waals surface area contributed by atoms with Gasteiger partial charge in [-0.1, -0.05) is 35.5 Å². The minimum absolute atomic E-state index is 0.129. The van der Waals surface area contributed by atoms with Crippen LogP contribution in [0.3, 0.4) is 0 Å². The van der Waals surface area contributed by atoms with E-state index in [1.165, 1.54) is 29.1 Å². The number of fused-ring (bicyclic) bond motifs is 1. The van der Waals surface area contributed by atoms with E-state index in [1.54, 1.807) is 6.07 Å². The van der Waals surface area contributed by atoms with E-state index in [1.807, 2.05) is 30.3 Å². The van der Waals surface area contributed by atoms with Crippen LogP contribution in [0.15, 0.2) is 70.2 Å². The number of nitro groups is 1. The van der Waals surface area contributed by atoms with Crippen molar-refractivity contribution in [1.82, 2.24) is 14.7 Å². The van der Waals surface area contributed by atoms with E-state index in [-0.39, 0.29) is 23.2 Å². The molecule has 0 atom stereocenters. The fourth-order valence-corrected chi connectivity index (χ4v) is 2.67. The molecule has 0 bridgehead atoms. The zero-order valence-corrected chi connectivity index (χ0v) is 13.4. The Kier molecular flexibility index (Phi) is 3.77. The van der Waals surface area contributed by atoms with E-state index in [0.29, 0.717) is 17.0 Å². The molecule has 2 aromatic heterocycles. The van der Waals surface area contributed by atoms with Gasteiger partial charge >= 0.3 is 0 Å². The summed E-state index contributed by atoms with van der Waals surface area (Å²) >= 11 is 0. The molecule has 0 aliphatic carbocycles. The Labute approximate surface area is 146 Å². The summed E-state index contributed by atoms with van der Waals surface area (Å²) in [7, 11) is 0. The number of nitrogens with zero attached hydrogens (tertiary/aromatic N) is 4. The smallest absolute Gasteiger partial charge is 0.270 e. The van der Waals surface area contributed by atoms with Gasteiger partial charge in [-0.05, 0) is 6.07 Å². The molecule has 8 heteroatoms. The summed E-state index contributed by atoms with van der Waals surface area (Å²) in [6.07, 6.45) is 1.39. The van der Waals surface area contributed by atoms with Gasteiger partial charge in [-0.25, -0.2) is 4.98 Å². The first-order valence-corrected chi connectivity index (χ1v) is 7.76. The largest absolute Gasteiger partial charge is 0.359 e. The van der Waals surface area contributed by atoms with Crippen LogP contribution in [-0.2, 0) is 6.54 Å². The summed E-state index contributed by atoms with van der Waals surface area (Å²) in [5.41, 5.74) is 1.44. The Bertz CT molecular complexity index is 1160. The van der Waals surface area contributed by atoms with E-state index in [9.17, 15) is 14.9 Å². The zero-order valence-electron chi connectivity index (χ0n) is 13.4. The van der Waals surface area contributed by atoms with Crippen LogP contribution in [0.25, 0.3) is 22.2 Å². The quantitative estimate of drug-likeness (QED) is 0.415. The molecule has 2 heterocycles. The van der Waals surface area contributed by atoms with Crippen LogP contribution in [0, 0.1) is 10.1 Å². The first-order chi connectivity index (χ1) is 12.6. The fourth-order valence-electron chi connectivity index (χ4n) is 2.67. The second kappa shape index (κ2) is 6.25. The molecule has 4 aromatic rings. The van der Waals surface area contributed by atoms with Gasteiger partial charge in [0, 0.05) is 23.8 Å². The maximum atomic E-state index is 12.6. The topological polar surface area (TPSA) is 104 Å². The highest BCUT2D eigenvalue weighted by Crippen LogP contribution is 2.19. The SMILES string of the molecule is O=c1c2cc([N+](=O)[O-])ccc2ncn1Cc1cc(-c2ccccc2)no1. The van der Waals surface area contributed by atoms with Gasteiger partial charge in [0.15, 0.2) is 5.76 Å². The Morgan fingerprint density at radius 2 is 1.92 bits per heavy atom. The number of hydrogen-bond donors (Lipinski definition) is 0. The van der Waals surface area contributed by atoms with Crippen molar-refractivity contribution in [2.24, 2.45) is 0 Å². The summed E-state index contributed by atoms with van der Waals surface area (Å²) < 4.78 is 6.64. The number of rotatable bonds is 4. The van der Waals surface area contributed by atoms with Crippen LogP contribution in [0.1, 0.15) is 5.76 Å². The van der Waals surface area contributed by atoms with Crippen LogP contribution < -0.4 is 5.56 Å². The molecule has 0 amide bonds. The van der Waals surface area contributed by atoms with Gasteiger partial charge in [-0.3, -0.25) is 19.5 Å². The van der Waals surface area contributed by atoms with Gasteiger partial charge in [-0.2, -0.15) is 0 Å². The Hall–Kier alpha value is -3.81. The molecule has 8 nitrogen and oxygen atoms in total. The van der Waals surface area contributed by atoms with Crippen LogP contribution in [-0.4, -0.2) is 19.6 Å². The molecule has 0 spiro atoms. The maximum absolute atomic E-state index is 12.6. The van der Waals surface area contributed by atoms with Crippen molar-refractivity contribution < 1.29 is 9.45 Å². The molecule has 0 aliphatic heterocycles. The molecule has 128 valence electrons. The lowest BCUT2D eigenvalue weighted by atomic mass is 10.1. The van der Waals surface area contributed by atoms with Gasteiger partial charge < -0.3 is 4.52 Å². The summed E-state index contributed by atoms with van der Waals surface area (Å²) in [5, 5.41) is 15.1. The van der Waals surface area contributed by atoms with E-state index < -0.39 is 4.92 Å². The molecular weight excluding hydrogens is 336 g/mol. The number of nitro benzene ring substituents is 1. The molecular formula is C18H12N4O4. The van der Waals surface area contributed by atoms with E-state index in [4.69, 9.17) is 4.52 Å². The van der Waals surface area contributed by atoms with Gasteiger partial charge in [0.25, 0.3) is 11.2 Å². The predicted octanol–water partition coefficient (Wildman–Crippen LogP) is 3.01. The molecule has 0 radical (unpaired) electrons. The van der Waals surface area contributed by atoms with Crippen LogP contribution in [0.2, 0.25) is 0 Å². The van der Waals surface area contributed by atoms with Crippen molar-refractivity contribution in [3.63, 3.8) is 0 Å². The fraction of sp³-hybridized carbons (Fsp3) is 0.0556. The maximum Gasteiger partial charge on any atom is 0.270 e. The lowest BCUT2D eigenvalue weighted by molar-refractivity contribution is -0.384. The minimum atomic E-state index is -0.543. The van der Waals surface area contributed by atoms with Gasteiger partial charge in [0.1, 0.15) is 5.69 Å². The van der Waals surface area contributed by atoms with E-state index in [0.717, 1.165) is 5.56 Å². The monoisotopic (exact) mass is 348 g/mol. The highest BCUT2D eigenvalue weighted by Gasteiger charge is 2.13. The molecule has 0 fully saturated rings. The summed E-state index contributed by atoms with van der Waals surface area (Å²) in [5.74, 6) is 0.484. The summed E-state index contributed by atoms with van der Waals surface area (Å²) in [4.78, 5) is 27.2. The Morgan fingerprint density at radius 3 is 2.69 bits per heavy atom. The predicted molar refractivity (Wildman–Crippen MR) is 93.7 cm³/mol. The van der Waals surface area contributed by atoms with E-state index >= 15 is 0 Å². The molecule has 26 heavy (non-hydrogen) atoms. The van der Waals surface area contributed by atoms with Crippen molar-refractivity contribution in [1.29, 1.82) is 0 Å². The molecule has 4 rings (SSSR count). The number of benzene rings is 2. The van der Waals surface area contributed by atoms with E-state index in [2.05, 4.69) is 10.1 Å². The molecule has 0 saturated carbocycles. The molecule has 0 saturated heterocycles. The highest BCUT2D eigenvalue weighted by molar-refractivity contribution is 5.79. The zero-order chi connectivity index (χ0) is 18.1. The highest BCUT2D eigenvalue weighted by atomic mass is 16.6. The van der Waals surface area contributed by atoms with Crippen LogP contribution in [0.4, 0.5) is 5.69 Å². The minimum Gasteiger partial charge on any atom is -0.359 e. The Balaban J connectivity index is 1.69. The van der Waals surface area contributed by atoms with Crippen molar-refractivity contribution in [2.75, 3.05) is 0 Å². The molecule has 2 aromatic carbocycles. The Morgan fingerprint density at radius 1 is 1.12 bits per heavy atom. The third kappa shape index (κ3) is 2.84. The lowest BCUT2D eigenvalue weighted by Gasteiger charge is -2.04. The van der Waals surface area contributed by atoms with Crippen molar-refractivity contribution in [2.45, 2.75) is 6.54 Å². The summed E-state index contributed by atoms with van der Waals surface area (Å²) in [6.45, 7) is 0.129. The van der Waals surface area contributed by atoms with Crippen LogP contribution >= 0.6 is 0 Å². The normalized spacial score (nSPS) is 10.9. The first kappa shape index (κ1) is 15.7. The van der Waals surface area contributed by atoms with Gasteiger partial charge in [-0.15, -0.1) is 0 Å². The van der Waals surface area contributed by atoms with Crippen LogP contribution in [0.5, 0.6) is 0 Å². The molecule has 0 aliphatic rings.